The average Bonchev–Trinajstić information content (AvgIpc) is 2.85. The van der Waals surface area contributed by atoms with Gasteiger partial charge in [-0.15, -0.1) is 11.3 Å². The lowest BCUT2D eigenvalue weighted by Crippen LogP contribution is -2.42. The quantitative estimate of drug-likeness (QED) is 0.781. The molecule has 0 saturated carbocycles. The summed E-state index contributed by atoms with van der Waals surface area (Å²) in [4.78, 5) is 1.10. The molecule has 1 aromatic heterocycles. The van der Waals surface area contributed by atoms with Crippen LogP contribution >= 0.6 is 11.3 Å². The van der Waals surface area contributed by atoms with Gasteiger partial charge in [0.05, 0.1) is 0 Å². The van der Waals surface area contributed by atoms with E-state index in [0.29, 0.717) is 4.21 Å². The van der Waals surface area contributed by atoms with Crippen LogP contribution in [-0.4, -0.2) is 38.9 Å². The Morgan fingerprint density at radius 1 is 1.33 bits per heavy atom. The molecule has 0 bridgehead atoms. The van der Waals surface area contributed by atoms with Crippen molar-refractivity contribution in [2.75, 3.05) is 20.1 Å². The molecule has 1 unspecified atom stereocenters. The summed E-state index contributed by atoms with van der Waals surface area (Å²) in [7, 11) is -1.73. The zero-order valence-electron chi connectivity index (χ0n) is 13.9. The van der Waals surface area contributed by atoms with Crippen LogP contribution in [0.3, 0.4) is 0 Å². The highest BCUT2D eigenvalue weighted by molar-refractivity contribution is 7.91. The monoisotopic (exact) mass is 332 g/mol. The van der Waals surface area contributed by atoms with Gasteiger partial charge in [-0.25, -0.2) is 8.42 Å². The number of hydrogen-bond donors (Lipinski definition) is 1. The van der Waals surface area contributed by atoms with E-state index < -0.39 is 10.0 Å². The lowest BCUT2D eigenvalue weighted by Gasteiger charge is -2.34. The fourth-order valence-electron chi connectivity index (χ4n) is 1.92. The van der Waals surface area contributed by atoms with Crippen molar-refractivity contribution in [2.45, 2.75) is 51.3 Å². The zero-order chi connectivity index (χ0) is 16.3. The van der Waals surface area contributed by atoms with Gasteiger partial charge in [0, 0.05) is 18.0 Å². The number of likely N-dealkylation sites (N-methyl/N-ethyl adjacent to an activating group) is 1. The molecule has 4 nitrogen and oxygen atoms in total. The summed E-state index contributed by atoms with van der Waals surface area (Å²) in [6.45, 7) is 12.0. The zero-order valence-corrected chi connectivity index (χ0v) is 15.6. The summed E-state index contributed by atoms with van der Waals surface area (Å²) >= 11 is 1.38. The van der Waals surface area contributed by atoms with E-state index in [9.17, 15) is 8.42 Å². The van der Waals surface area contributed by atoms with Crippen molar-refractivity contribution in [3.8, 4) is 0 Å². The summed E-state index contributed by atoms with van der Waals surface area (Å²) in [6, 6.07) is 3.59. The third kappa shape index (κ3) is 4.77. The number of hydrogen-bond acceptors (Lipinski definition) is 4. The molecule has 1 heterocycles. The first kappa shape index (κ1) is 18.6. The fourth-order valence-corrected chi connectivity index (χ4v) is 5.00. The fraction of sp³-hybridized carbons (Fsp3) is 0.733. The minimum absolute atomic E-state index is 0.0604. The van der Waals surface area contributed by atoms with Gasteiger partial charge in [0.1, 0.15) is 4.21 Å². The number of thiophene rings is 1. The van der Waals surface area contributed by atoms with E-state index in [2.05, 4.69) is 33.0 Å². The van der Waals surface area contributed by atoms with Gasteiger partial charge >= 0.3 is 0 Å². The minimum atomic E-state index is -3.40. The molecule has 0 aliphatic carbocycles. The van der Waals surface area contributed by atoms with Gasteiger partial charge in [0.25, 0.3) is 10.0 Å². The Labute approximate surface area is 133 Å². The van der Waals surface area contributed by atoms with E-state index in [-0.39, 0.29) is 11.5 Å². The van der Waals surface area contributed by atoms with Crippen molar-refractivity contribution in [3.63, 3.8) is 0 Å². The maximum absolute atomic E-state index is 12.7. The van der Waals surface area contributed by atoms with E-state index in [1.54, 1.807) is 13.1 Å². The Morgan fingerprint density at radius 2 is 1.95 bits per heavy atom. The second kappa shape index (κ2) is 7.22. The van der Waals surface area contributed by atoms with Crippen LogP contribution in [-0.2, 0) is 16.4 Å². The molecule has 1 N–H and O–H groups in total. The van der Waals surface area contributed by atoms with E-state index in [1.807, 2.05) is 13.0 Å². The number of rotatable bonds is 7. The van der Waals surface area contributed by atoms with Crippen LogP contribution in [0.4, 0.5) is 0 Å². The second-order valence-corrected chi connectivity index (χ2v) is 9.78. The van der Waals surface area contributed by atoms with E-state index in [4.69, 9.17) is 0 Å². The average molecular weight is 333 g/mol. The maximum atomic E-state index is 12.7. The van der Waals surface area contributed by atoms with Gasteiger partial charge in [0.15, 0.2) is 0 Å². The van der Waals surface area contributed by atoms with E-state index >= 15 is 0 Å². The van der Waals surface area contributed by atoms with Crippen LogP contribution in [0, 0.1) is 5.41 Å². The van der Waals surface area contributed by atoms with Crippen LogP contribution in [0.1, 0.15) is 39.5 Å². The maximum Gasteiger partial charge on any atom is 0.252 e. The Morgan fingerprint density at radius 3 is 2.48 bits per heavy atom. The predicted octanol–water partition coefficient (Wildman–Crippen LogP) is 2.96. The summed E-state index contributed by atoms with van der Waals surface area (Å²) in [6.07, 6.45) is 0.868. The van der Waals surface area contributed by atoms with Gasteiger partial charge in [0.2, 0.25) is 0 Å². The second-order valence-electron chi connectivity index (χ2n) is 6.39. The Kier molecular flexibility index (Phi) is 6.40. The molecule has 6 heteroatoms. The van der Waals surface area contributed by atoms with Gasteiger partial charge in [-0.05, 0) is 44.0 Å². The molecule has 21 heavy (non-hydrogen) atoms. The molecule has 0 spiro atoms. The molecule has 1 aromatic rings. The number of nitrogens with zero attached hydrogens (tertiary/aromatic N) is 1. The standard InChI is InChI=1S/C15H28N2O2S2/c1-7-16-11-10-13-8-9-14(20-13)21(18,19)17(6)12(2)15(3,4)5/h8-9,12,16H,7,10-11H2,1-6H3. The van der Waals surface area contributed by atoms with Crippen molar-refractivity contribution in [1.82, 2.24) is 9.62 Å². The van der Waals surface area contributed by atoms with Gasteiger partial charge in [-0.1, -0.05) is 27.7 Å². The minimum Gasteiger partial charge on any atom is -0.317 e. The Hall–Kier alpha value is -0.430. The Balaban J connectivity index is 2.88. The molecule has 0 amide bonds. The summed E-state index contributed by atoms with van der Waals surface area (Å²) in [5.41, 5.74) is -0.0903. The number of nitrogens with one attached hydrogen (secondary N) is 1. The van der Waals surface area contributed by atoms with Crippen molar-refractivity contribution in [1.29, 1.82) is 0 Å². The largest absolute Gasteiger partial charge is 0.317 e. The molecule has 0 aliphatic heterocycles. The predicted molar refractivity (Wildman–Crippen MR) is 90.4 cm³/mol. The highest BCUT2D eigenvalue weighted by Crippen LogP contribution is 2.30. The van der Waals surface area contributed by atoms with Crippen LogP contribution in [0.5, 0.6) is 0 Å². The van der Waals surface area contributed by atoms with Crippen LogP contribution < -0.4 is 5.32 Å². The first-order valence-corrected chi connectivity index (χ1v) is 9.63. The van der Waals surface area contributed by atoms with Crippen molar-refractivity contribution >= 4 is 21.4 Å². The molecule has 1 rings (SSSR count). The molecular formula is C15H28N2O2S2. The summed E-state index contributed by atoms with van der Waals surface area (Å²) in [5.74, 6) is 0. The molecular weight excluding hydrogens is 304 g/mol. The van der Waals surface area contributed by atoms with Crippen molar-refractivity contribution < 1.29 is 8.42 Å². The third-order valence-electron chi connectivity index (χ3n) is 3.87. The lowest BCUT2D eigenvalue weighted by atomic mass is 9.88. The van der Waals surface area contributed by atoms with E-state index in [1.165, 1.54) is 15.6 Å². The molecule has 0 aliphatic rings. The molecule has 122 valence electrons. The smallest absolute Gasteiger partial charge is 0.252 e. The highest BCUT2D eigenvalue weighted by Gasteiger charge is 2.33. The molecule has 0 fully saturated rings. The van der Waals surface area contributed by atoms with Crippen LogP contribution in [0.15, 0.2) is 16.3 Å². The normalized spacial score (nSPS) is 14.6. The summed E-state index contributed by atoms with van der Waals surface area (Å²) in [5, 5.41) is 3.25. The Bertz CT molecular complexity index is 544. The van der Waals surface area contributed by atoms with Crippen LogP contribution in [0.25, 0.3) is 0 Å². The SMILES string of the molecule is CCNCCc1ccc(S(=O)(=O)N(C)C(C)C(C)(C)C)s1. The summed E-state index contributed by atoms with van der Waals surface area (Å²) < 4.78 is 27.3. The topological polar surface area (TPSA) is 49.4 Å². The van der Waals surface area contributed by atoms with E-state index in [0.717, 1.165) is 24.4 Å². The third-order valence-corrected chi connectivity index (χ3v) is 7.41. The van der Waals surface area contributed by atoms with Crippen molar-refractivity contribution in [3.05, 3.63) is 17.0 Å². The first-order valence-electron chi connectivity index (χ1n) is 7.38. The van der Waals surface area contributed by atoms with Gasteiger partial charge in [-0.3, -0.25) is 0 Å². The van der Waals surface area contributed by atoms with Crippen molar-refractivity contribution in [2.24, 2.45) is 5.41 Å². The first-order chi connectivity index (χ1) is 9.60. The lowest BCUT2D eigenvalue weighted by molar-refractivity contribution is 0.217. The highest BCUT2D eigenvalue weighted by atomic mass is 32.2. The molecule has 0 aromatic carbocycles. The number of sulfonamides is 1. The van der Waals surface area contributed by atoms with Crippen LogP contribution in [0.2, 0.25) is 0 Å². The van der Waals surface area contributed by atoms with Gasteiger partial charge < -0.3 is 5.32 Å². The molecule has 1 atom stereocenters. The molecule has 0 radical (unpaired) electrons. The van der Waals surface area contributed by atoms with Gasteiger partial charge in [-0.2, -0.15) is 4.31 Å². The molecule has 0 saturated heterocycles.